The van der Waals surface area contributed by atoms with Crippen LogP contribution in [0.1, 0.15) is 11.6 Å². The molecule has 102 valence electrons. The van der Waals surface area contributed by atoms with Crippen LogP contribution in [0.3, 0.4) is 0 Å². The van der Waals surface area contributed by atoms with Crippen molar-refractivity contribution in [2.45, 2.75) is 6.04 Å². The van der Waals surface area contributed by atoms with Gasteiger partial charge in [0.25, 0.3) is 0 Å². The molecule has 19 heavy (non-hydrogen) atoms. The molecule has 2 aromatic rings. The van der Waals surface area contributed by atoms with Crippen molar-refractivity contribution in [1.29, 1.82) is 0 Å². The van der Waals surface area contributed by atoms with Crippen molar-refractivity contribution in [3.63, 3.8) is 0 Å². The molecule has 1 unspecified atom stereocenters. The van der Waals surface area contributed by atoms with Gasteiger partial charge in [-0.3, -0.25) is 4.98 Å². The quantitative estimate of drug-likeness (QED) is 0.775. The van der Waals surface area contributed by atoms with Crippen molar-refractivity contribution in [2.24, 2.45) is 0 Å². The Hall–Kier alpha value is -1.49. The largest absolute Gasteiger partial charge is 0.382 e. The van der Waals surface area contributed by atoms with Crippen LogP contribution in [-0.4, -0.2) is 39.0 Å². The van der Waals surface area contributed by atoms with Gasteiger partial charge in [-0.1, -0.05) is 12.1 Å². The molecule has 0 aliphatic heterocycles. The second-order valence-corrected chi connectivity index (χ2v) is 4.36. The molecular weight excluding hydrogens is 240 g/mol. The van der Waals surface area contributed by atoms with Crippen LogP contribution in [0.5, 0.6) is 0 Å². The first-order chi connectivity index (χ1) is 9.35. The smallest absolute Gasteiger partial charge is 0.0702 e. The first-order valence-corrected chi connectivity index (χ1v) is 6.44. The highest BCUT2D eigenvalue weighted by atomic mass is 16.5. The van der Waals surface area contributed by atoms with Gasteiger partial charge in [-0.05, 0) is 30.8 Å². The normalized spacial score (nSPS) is 12.7. The van der Waals surface area contributed by atoms with Gasteiger partial charge in [0.15, 0.2) is 0 Å². The summed E-state index contributed by atoms with van der Waals surface area (Å²) in [7, 11) is 3.62. The van der Waals surface area contributed by atoms with E-state index in [-0.39, 0.29) is 6.04 Å². The molecular formula is C15H20N2O2. The molecule has 1 heterocycles. The maximum Gasteiger partial charge on any atom is 0.0702 e. The summed E-state index contributed by atoms with van der Waals surface area (Å²) in [6.45, 7) is 1.87. The predicted molar refractivity (Wildman–Crippen MR) is 76.2 cm³/mol. The fourth-order valence-corrected chi connectivity index (χ4v) is 2.00. The van der Waals surface area contributed by atoms with E-state index in [1.54, 1.807) is 7.11 Å². The molecule has 0 radical (unpaired) electrons. The van der Waals surface area contributed by atoms with Gasteiger partial charge in [-0.25, -0.2) is 0 Å². The second kappa shape index (κ2) is 7.19. The summed E-state index contributed by atoms with van der Waals surface area (Å²) in [6, 6.07) is 10.5. The Morgan fingerprint density at radius 2 is 2.16 bits per heavy atom. The summed E-state index contributed by atoms with van der Waals surface area (Å²) in [5.41, 5.74) is 2.22. The number of rotatable bonds is 7. The average molecular weight is 260 g/mol. The molecule has 0 spiro atoms. The van der Waals surface area contributed by atoms with Crippen LogP contribution in [0.25, 0.3) is 10.9 Å². The number of nitrogens with zero attached hydrogens (tertiary/aromatic N) is 1. The standard InChI is InChI=1S/C15H20N2O2/c1-16-15(11-19-9-8-18-2)13-5-6-14-12(10-13)4-3-7-17-14/h3-7,10,15-16H,8-9,11H2,1-2H3. The summed E-state index contributed by atoms with van der Waals surface area (Å²) in [6.07, 6.45) is 1.81. The Bertz CT molecular complexity index is 516. The van der Waals surface area contributed by atoms with Crippen LogP contribution in [0.2, 0.25) is 0 Å². The molecule has 0 aliphatic carbocycles. The lowest BCUT2D eigenvalue weighted by molar-refractivity contribution is 0.0596. The number of hydrogen-bond donors (Lipinski definition) is 1. The van der Waals surface area contributed by atoms with E-state index in [0.29, 0.717) is 19.8 Å². The molecule has 1 N–H and O–H groups in total. The summed E-state index contributed by atoms with van der Waals surface area (Å²) < 4.78 is 10.6. The molecule has 0 saturated heterocycles. The number of ether oxygens (including phenoxy) is 2. The highest BCUT2D eigenvalue weighted by Crippen LogP contribution is 2.19. The summed E-state index contributed by atoms with van der Waals surface area (Å²) in [5, 5.41) is 4.42. The Morgan fingerprint density at radius 1 is 1.26 bits per heavy atom. The van der Waals surface area contributed by atoms with Crippen molar-refractivity contribution in [2.75, 3.05) is 34.0 Å². The molecule has 4 heteroatoms. The zero-order chi connectivity index (χ0) is 13.5. The fourth-order valence-electron chi connectivity index (χ4n) is 2.00. The summed E-state index contributed by atoms with van der Waals surface area (Å²) >= 11 is 0. The average Bonchev–Trinajstić information content (AvgIpc) is 2.47. The summed E-state index contributed by atoms with van der Waals surface area (Å²) in [4.78, 5) is 4.33. The number of pyridine rings is 1. The zero-order valence-corrected chi connectivity index (χ0v) is 11.4. The minimum atomic E-state index is 0.182. The third-order valence-electron chi connectivity index (χ3n) is 3.09. The van der Waals surface area contributed by atoms with Gasteiger partial charge in [0.1, 0.15) is 0 Å². The number of nitrogens with one attached hydrogen (secondary N) is 1. The maximum absolute atomic E-state index is 5.59. The van der Waals surface area contributed by atoms with E-state index >= 15 is 0 Å². The lowest BCUT2D eigenvalue weighted by Crippen LogP contribution is -2.22. The lowest BCUT2D eigenvalue weighted by atomic mass is 10.0. The van der Waals surface area contributed by atoms with E-state index in [4.69, 9.17) is 9.47 Å². The topological polar surface area (TPSA) is 43.4 Å². The van der Waals surface area contributed by atoms with Crippen molar-refractivity contribution in [1.82, 2.24) is 10.3 Å². The third-order valence-corrected chi connectivity index (χ3v) is 3.09. The number of fused-ring (bicyclic) bond motifs is 1. The van der Waals surface area contributed by atoms with Crippen LogP contribution in [0, 0.1) is 0 Å². The first-order valence-electron chi connectivity index (χ1n) is 6.44. The first kappa shape index (κ1) is 13.9. The molecule has 0 amide bonds. The van der Waals surface area contributed by atoms with Crippen molar-refractivity contribution in [3.8, 4) is 0 Å². The van der Waals surface area contributed by atoms with Gasteiger partial charge >= 0.3 is 0 Å². The Labute approximate surface area is 113 Å². The van der Waals surface area contributed by atoms with E-state index in [0.717, 1.165) is 10.9 Å². The monoisotopic (exact) mass is 260 g/mol. The summed E-state index contributed by atoms with van der Waals surface area (Å²) in [5.74, 6) is 0. The lowest BCUT2D eigenvalue weighted by Gasteiger charge is -2.17. The number of hydrogen-bond acceptors (Lipinski definition) is 4. The predicted octanol–water partition coefficient (Wildman–Crippen LogP) is 2.16. The van der Waals surface area contributed by atoms with Crippen LogP contribution >= 0.6 is 0 Å². The molecule has 0 bridgehead atoms. The Balaban J connectivity index is 2.07. The molecule has 0 fully saturated rings. The van der Waals surface area contributed by atoms with Crippen molar-refractivity contribution in [3.05, 3.63) is 42.1 Å². The maximum atomic E-state index is 5.59. The molecule has 1 atom stereocenters. The van der Waals surface area contributed by atoms with Crippen LogP contribution in [0.4, 0.5) is 0 Å². The highest BCUT2D eigenvalue weighted by Gasteiger charge is 2.10. The molecule has 1 aromatic carbocycles. The number of methoxy groups -OCH3 is 1. The van der Waals surface area contributed by atoms with Crippen molar-refractivity contribution < 1.29 is 9.47 Å². The second-order valence-electron chi connectivity index (χ2n) is 4.36. The Morgan fingerprint density at radius 3 is 2.95 bits per heavy atom. The van der Waals surface area contributed by atoms with Gasteiger partial charge < -0.3 is 14.8 Å². The van der Waals surface area contributed by atoms with Crippen LogP contribution in [0.15, 0.2) is 36.5 Å². The molecule has 0 aliphatic rings. The van der Waals surface area contributed by atoms with Gasteiger partial charge in [0.05, 0.1) is 31.4 Å². The number of benzene rings is 1. The fraction of sp³-hybridized carbons (Fsp3) is 0.400. The Kier molecular flexibility index (Phi) is 5.27. The molecule has 1 aromatic heterocycles. The SMILES string of the molecule is CNC(COCCOC)c1ccc2ncccc2c1. The number of likely N-dealkylation sites (N-methyl/N-ethyl adjacent to an activating group) is 1. The van der Waals surface area contributed by atoms with E-state index in [1.165, 1.54) is 5.56 Å². The van der Waals surface area contributed by atoms with E-state index in [2.05, 4.69) is 28.5 Å². The van der Waals surface area contributed by atoms with Gasteiger partial charge in [-0.2, -0.15) is 0 Å². The minimum Gasteiger partial charge on any atom is -0.382 e. The third kappa shape index (κ3) is 3.73. The van der Waals surface area contributed by atoms with Crippen LogP contribution in [-0.2, 0) is 9.47 Å². The molecule has 4 nitrogen and oxygen atoms in total. The van der Waals surface area contributed by atoms with Crippen LogP contribution < -0.4 is 5.32 Å². The highest BCUT2D eigenvalue weighted by molar-refractivity contribution is 5.79. The van der Waals surface area contributed by atoms with Gasteiger partial charge in [0, 0.05) is 18.7 Å². The van der Waals surface area contributed by atoms with Gasteiger partial charge in [-0.15, -0.1) is 0 Å². The number of aromatic nitrogens is 1. The molecule has 0 saturated carbocycles. The van der Waals surface area contributed by atoms with E-state index < -0.39 is 0 Å². The minimum absolute atomic E-state index is 0.182. The van der Waals surface area contributed by atoms with E-state index in [1.807, 2.05) is 25.4 Å². The van der Waals surface area contributed by atoms with E-state index in [9.17, 15) is 0 Å². The molecule has 2 rings (SSSR count). The zero-order valence-electron chi connectivity index (χ0n) is 11.4. The van der Waals surface area contributed by atoms with Gasteiger partial charge in [0.2, 0.25) is 0 Å². The van der Waals surface area contributed by atoms with Crippen molar-refractivity contribution >= 4 is 10.9 Å².